The average molecular weight is 279 g/mol. The standard InChI is InChI=1S/C16H25NO3/c1-3-4-5-6-7-16(20)17(2)12-15(19)13-8-10-14(18)11-9-13/h8-11,15,18-19H,3-7,12H2,1-2H3. The molecule has 1 atom stereocenters. The molecule has 1 aromatic rings. The topological polar surface area (TPSA) is 60.8 Å². The van der Waals surface area contributed by atoms with Gasteiger partial charge in [-0.1, -0.05) is 38.3 Å². The van der Waals surface area contributed by atoms with E-state index in [2.05, 4.69) is 6.92 Å². The Kier molecular flexibility index (Phi) is 7.09. The Morgan fingerprint density at radius 2 is 1.85 bits per heavy atom. The van der Waals surface area contributed by atoms with Crippen LogP contribution in [0, 0.1) is 0 Å². The Balaban J connectivity index is 2.38. The van der Waals surface area contributed by atoms with Crippen LogP contribution in [0.5, 0.6) is 5.75 Å². The zero-order valence-electron chi connectivity index (χ0n) is 12.4. The van der Waals surface area contributed by atoms with Crippen molar-refractivity contribution in [3.05, 3.63) is 29.8 Å². The summed E-state index contributed by atoms with van der Waals surface area (Å²) in [4.78, 5) is 13.5. The normalized spacial score (nSPS) is 12.2. The van der Waals surface area contributed by atoms with Crippen LogP contribution in [0.3, 0.4) is 0 Å². The highest BCUT2D eigenvalue weighted by molar-refractivity contribution is 5.75. The van der Waals surface area contributed by atoms with Crippen LogP contribution in [-0.2, 0) is 4.79 Å². The number of unbranched alkanes of at least 4 members (excludes halogenated alkanes) is 3. The van der Waals surface area contributed by atoms with E-state index < -0.39 is 6.10 Å². The molecule has 20 heavy (non-hydrogen) atoms. The summed E-state index contributed by atoms with van der Waals surface area (Å²) >= 11 is 0. The van der Waals surface area contributed by atoms with Gasteiger partial charge in [0.15, 0.2) is 0 Å². The van der Waals surface area contributed by atoms with Gasteiger partial charge < -0.3 is 15.1 Å². The summed E-state index contributed by atoms with van der Waals surface area (Å²) in [6.45, 7) is 2.42. The number of carbonyl (C=O) groups excluding carboxylic acids is 1. The second-order valence-corrected chi connectivity index (χ2v) is 5.19. The molecule has 112 valence electrons. The van der Waals surface area contributed by atoms with Crippen molar-refractivity contribution in [2.24, 2.45) is 0 Å². The molecule has 0 aliphatic heterocycles. The number of nitrogens with zero attached hydrogens (tertiary/aromatic N) is 1. The van der Waals surface area contributed by atoms with E-state index in [1.807, 2.05) is 0 Å². The molecule has 1 aromatic carbocycles. The average Bonchev–Trinajstić information content (AvgIpc) is 2.44. The van der Waals surface area contributed by atoms with E-state index in [0.717, 1.165) is 25.7 Å². The van der Waals surface area contributed by atoms with Crippen molar-refractivity contribution in [3.8, 4) is 5.75 Å². The Morgan fingerprint density at radius 3 is 2.45 bits per heavy atom. The number of amides is 1. The summed E-state index contributed by atoms with van der Waals surface area (Å²) in [5.74, 6) is 0.236. The Labute approximate surface area is 121 Å². The maximum Gasteiger partial charge on any atom is 0.222 e. The van der Waals surface area contributed by atoms with Gasteiger partial charge in [-0.05, 0) is 24.1 Å². The van der Waals surface area contributed by atoms with Gasteiger partial charge in [0.25, 0.3) is 0 Å². The summed E-state index contributed by atoms with van der Waals surface area (Å²) in [6, 6.07) is 6.40. The minimum Gasteiger partial charge on any atom is -0.508 e. The number of carbonyl (C=O) groups is 1. The van der Waals surface area contributed by atoms with E-state index in [1.54, 1.807) is 24.1 Å². The minimum atomic E-state index is -0.722. The second-order valence-electron chi connectivity index (χ2n) is 5.19. The van der Waals surface area contributed by atoms with Crippen molar-refractivity contribution in [1.82, 2.24) is 4.90 Å². The van der Waals surface area contributed by atoms with Crippen LogP contribution in [-0.4, -0.2) is 34.6 Å². The summed E-state index contributed by atoms with van der Waals surface area (Å²) < 4.78 is 0. The molecule has 0 radical (unpaired) electrons. The van der Waals surface area contributed by atoms with E-state index in [-0.39, 0.29) is 18.2 Å². The molecular weight excluding hydrogens is 254 g/mol. The summed E-state index contributed by atoms with van der Waals surface area (Å²) in [7, 11) is 1.71. The first kappa shape index (κ1) is 16.5. The number of hydrogen-bond acceptors (Lipinski definition) is 3. The molecule has 0 heterocycles. The van der Waals surface area contributed by atoms with Crippen molar-refractivity contribution in [2.75, 3.05) is 13.6 Å². The van der Waals surface area contributed by atoms with Gasteiger partial charge in [-0.3, -0.25) is 4.79 Å². The number of likely N-dealkylation sites (N-methyl/N-ethyl adjacent to an activating group) is 1. The highest BCUT2D eigenvalue weighted by atomic mass is 16.3. The number of hydrogen-bond donors (Lipinski definition) is 2. The van der Waals surface area contributed by atoms with E-state index in [9.17, 15) is 15.0 Å². The maximum atomic E-state index is 11.9. The minimum absolute atomic E-state index is 0.0685. The largest absolute Gasteiger partial charge is 0.508 e. The molecule has 0 fully saturated rings. The summed E-state index contributed by atoms with van der Waals surface area (Å²) in [5, 5.41) is 19.3. The van der Waals surface area contributed by atoms with Gasteiger partial charge in [0, 0.05) is 13.5 Å². The fourth-order valence-corrected chi connectivity index (χ4v) is 2.06. The van der Waals surface area contributed by atoms with E-state index in [4.69, 9.17) is 0 Å². The third-order valence-corrected chi connectivity index (χ3v) is 3.39. The lowest BCUT2D eigenvalue weighted by Gasteiger charge is -2.21. The maximum absolute atomic E-state index is 11.9. The fourth-order valence-electron chi connectivity index (χ4n) is 2.06. The van der Waals surface area contributed by atoms with Gasteiger partial charge >= 0.3 is 0 Å². The fraction of sp³-hybridized carbons (Fsp3) is 0.562. The molecule has 1 amide bonds. The van der Waals surface area contributed by atoms with Gasteiger partial charge in [0.05, 0.1) is 12.6 Å². The predicted molar refractivity (Wildman–Crippen MR) is 79.5 cm³/mol. The quantitative estimate of drug-likeness (QED) is 0.719. The van der Waals surface area contributed by atoms with Crippen LogP contribution in [0.25, 0.3) is 0 Å². The lowest BCUT2D eigenvalue weighted by atomic mass is 10.1. The molecule has 0 saturated carbocycles. The molecule has 1 unspecified atom stereocenters. The molecular formula is C16H25NO3. The number of aromatic hydroxyl groups is 1. The lowest BCUT2D eigenvalue weighted by Crippen LogP contribution is -2.30. The van der Waals surface area contributed by atoms with Crippen LogP contribution in [0.15, 0.2) is 24.3 Å². The zero-order valence-corrected chi connectivity index (χ0v) is 12.4. The van der Waals surface area contributed by atoms with Crippen molar-refractivity contribution in [2.45, 2.75) is 45.1 Å². The van der Waals surface area contributed by atoms with Crippen molar-refractivity contribution < 1.29 is 15.0 Å². The smallest absolute Gasteiger partial charge is 0.222 e. The molecule has 0 aliphatic carbocycles. The highest BCUT2D eigenvalue weighted by Gasteiger charge is 2.14. The van der Waals surface area contributed by atoms with Gasteiger partial charge in [0.2, 0.25) is 5.91 Å². The van der Waals surface area contributed by atoms with Crippen LogP contribution in [0.1, 0.15) is 50.7 Å². The number of phenols is 1. The van der Waals surface area contributed by atoms with Gasteiger partial charge in [-0.25, -0.2) is 0 Å². The molecule has 0 spiro atoms. The number of aliphatic hydroxyl groups excluding tert-OH is 1. The third kappa shape index (κ3) is 5.61. The molecule has 1 rings (SSSR count). The first-order chi connectivity index (χ1) is 9.54. The highest BCUT2D eigenvalue weighted by Crippen LogP contribution is 2.17. The molecule has 0 aromatic heterocycles. The molecule has 4 nitrogen and oxygen atoms in total. The molecule has 0 saturated heterocycles. The third-order valence-electron chi connectivity index (χ3n) is 3.39. The van der Waals surface area contributed by atoms with Gasteiger partial charge in [-0.2, -0.15) is 0 Å². The molecule has 2 N–H and O–H groups in total. The molecule has 0 bridgehead atoms. The summed E-state index contributed by atoms with van der Waals surface area (Å²) in [6.07, 6.45) is 4.12. The number of rotatable bonds is 8. The number of benzene rings is 1. The van der Waals surface area contributed by atoms with E-state index in [0.29, 0.717) is 12.0 Å². The van der Waals surface area contributed by atoms with E-state index in [1.165, 1.54) is 12.1 Å². The van der Waals surface area contributed by atoms with Gasteiger partial charge in [-0.15, -0.1) is 0 Å². The SMILES string of the molecule is CCCCCCC(=O)N(C)CC(O)c1ccc(O)cc1. The van der Waals surface area contributed by atoms with Crippen LogP contribution < -0.4 is 0 Å². The van der Waals surface area contributed by atoms with Gasteiger partial charge in [0.1, 0.15) is 5.75 Å². The zero-order chi connectivity index (χ0) is 15.0. The number of aliphatic hydroxyl groups is 1. The monoisotopic (exact) mass is 279 g/mol. The first-order valence-corrected chi connectivity index (χ1v) is 7.25. The molecule has 0 aliphatic rings. The van der Waals surface area contributed by atoms with E-state index >= 15 is 0 Å². The van der Waals surface area contributed by atoms with Crippen LogP contribution in [0.4, 0.5) is 0 Å². The second kappa shape index (κ2) is 8.59. The first-order valence-electron chi connectivity index (χ1n) is 7.25. The molecule has 4 heteroatoms. The predicted octanol–water partition coefficient (Wildman–Crippen LogP) is 2.85. The lowest BCUT2D eigenvalue weighted by molar-refractivity contribution is -0.131. The Bertz CT molecular complexity index is 403. The van der Waals surface area contributed by atoms with Crippen molar-refractivity contribution in [1.29, 1.82) is 0 Å². The van der Waals surface area contributed by atoms with Crippen molar-refractivity contribution in [3.63, 3.8) is 0 Å². The Morgan fingerprint density at radius 1 is 1.20 bits per heavy atom. The van der Waals surface area contributed by atoms with Crippen molar-refractivity contribution >= 4 is 5.91 Å². The summed E-state index contributed by atoms with van der Waals surface area (Å²) in [5.41, 5.74) is 0.702. The Hall–Kier alpha value is -1.55. The van der Waals surface area contributed by atoms with Crippen LogP contribution in [0.2, 0.25) is 0 Å². The van der Waals surface area contributed by atoms with Crippen LogP contribution >= 0.6 is 0 Å². The number of phenolic OH excluding ortho intramolecular Hbond substituents is 1.